The van der Waals surface area contributed by atoms with Gasteiger partial charge in [-0.25, -0.2) is 0 Å². The number of hydrogen-bond acceptors (Lipinski definition) is 4. The van der Waals surface area contributed by atoms with Crippen LogP contribution in [0.2, 0.25) is 0 Å². The van der Waals surface area contributed by atoms with Gasteiger partial charge < -0.3 is 19.7 Å². The summed E-state index contributed by atoms with van der Waals surface area (Å²) in [6.07, 6.45) is 8.34. The molecule has 2 N–H and O–H groups in total. The summed E-state index contributed by atoms with van der Waals surface area (Å²) in [5, 5.41) is 17.6. The molecular formula is C18H34O6. The number of ether oxygens (including phenoxy) is 2. The molecule has 0 aliphatic carbocycles. The highest BCUT2D eigenvalue weighted by atomic mass is 16.7. The molecule has 0 heterocycles. The average Bonchev–Trinajstić information content (AvgIpc) is 2.51. The molecule has 6 heteroatoms. The Bertz CT molecular complexity index is 325. The van der Waals surface area contributed by atoms with Gasteiger partial charge in [0, 0.05) is 13.2 Å². The number of rotatable bonds is 17. The standard InChI is InChI=1S/C18H34O6/c1-3-23-17(24-4-2)13-11-9-7-5-6-8-10-12-15(18(21)22)14-16(19)20/h15,17H,3-14H2,1-2H3,(H,19,20)(H,21,22). The van der Waals surface area contributed by atoms with Crippen molar-refractivity contribution in [3.05, 3.63) is 0 Å². The first kappa shape index (κ1) is 22.9. The Balaban J connectivity index is 3.56. The maximum Gasteiger partial charge on any atom is 0.307 e. The van der Waals surface area contributed by atoms with Crippen LogP contribution in [0.3, 0.4) is 0 Å². The molecule has 24 heavy (non-hydrogen) atoms. The second-order valence-electron chi connectivity index (χ2n) is 6.03. The third-order valence-corrected chi connectivity index (χ3v) is 3.97. The van der Waals surface area contributed by atoms with E-state index in [1.807, 2.05) is 13.8 Å². The average molecular weight is 346 g/mol. The van der Waals surface area contributed by atoms with Crippen LogP contribution in [0.4, 0.5) is 0 Å². The number of carboxylic acid groups (broad SMARTS) is 2. The summed E-state index contributed by atoms with van der Waals surface area (Å²) in [6, 6.07) is 0. The minimum absolute atomic E-state index is 0.0813. The monoisotopic (exact) mass is 346 g/mol. The maximum absolute atomic E-state index is 10.9. The van der Waals surface area contributed by atoms with Crippen LogP contribution in [0.15, 0.2) is 0 Å². The number of carboxylic acids is 2. The molecule has 0 amide bonds. The van der Waals surface area contributed by atoms with Crippen LogP contribution in [-0.4, -0.2) is 41.7 Å². The summed E-state index contributed by atoms with van der Waals surface area (Å²) >= 11 is 0. The highest BCUT2D eigenvalue weighted by Crippen LogP contribution is 2.16. The van der Waals surface area contributed by atoms with E-state index in [0.29, 0.717) is 19.6 Å². The van der Waals surface area contributed by atoms with E-state index >= 15 is 0 Å². The fourth-order valence-electron chi connectivity index (χ4n) is 2.70. The summed E-state index contributed by atoms with van der Waals surface area (Å²) in [5.41, 5.74) is 0. The minimum Gasteiger partial charge on any atom is -0.481 e. The summed E-state index contributed by atoms with van der Waals surface area (Å²) in [6.45, 7) is 5.28. The maximum atomic E-state index is 10.9. The van der Waals surface area contributed by atoms with Gasteiger partial charge in [-0.1, -0.05) is 38.5 Å². The Morgan fingerprint density at radius 2 is 1.25 bits per heavy atom. The Morgan fingerprint density at radius 1 is 0.792 bits per heavy atom. The molecule has 0 saturated carbocycles. The van der Waals surface area contributed by atoms with Crippen LogP contribution in [0.1, 0.15) is 78.1 Å². The highest BCUT2D eigenvalue weighted by molar-refractivity contribution is 5.77. The summed E-state index contributed by atoms with van der Waals surface area (Å²) in [5.74, 6) is -2.80. The molecule has 1 atom stereocenters. The van der Waals surface area contributed by atoms with Gasteiger partial charge in [-0.2, -0.15) is 0 Å². The molecule has 0 aromatic heterocycles. The van der Waals surface area contributed by atoms with Crippen molar-refractivity contribution in [2.45, 2.75) is 84.3 Å². The van der Waals surface area contributed by atoms with Crippen LogP contribution in [0.25, 0.3) is 0 Å². The quantitative estimate of drug-likeness (QED) is 0.304. The van der Waals surface area contributed by atoms with E-state index < -0.39 is 17.9 Å². The SMILES string of the molecule is CCOC(CCCCCCCCCC(CC(=O)O)C(=O)O)OCC. The van der Waals surface area contributed by atoms with Gasteiger partial charge in [0.1, 0.15) is 0 Å². The zero-order valence-electron chi connectivity index (χ0n) is 15.2. The van der Waals surface area contributed by atoms with Crippen molar-refractivity contribution in [3.8, 4) is 0 Å². The highest BCUT2D eigenvalue weighted by Gasteiger charge is 2.20. The Kier molecular flexibility index (Phi) is 14.7. The molecule has 0 saturated heterocycles. The predicted octanol–water partition coefficient (Wildman–Crippen LogP) is 4.07. The lowest BCUT2D eigenvalue weighted by Crippen LogP contribution is -2.17. The van der Waals surface area contributed by atoms with Gasteiger partial charge in [0.05, 0.1) is 12.3 Å². The fourth-order valence-corrected chi connectivity index (χ4v) is 2.70. The molecule has 0 fully saturated rings. The lowest BCUT2D eigenvalue weighted by atomic mass is 9.97. The van der Waals surface area contributed by atoms with Gasteiger partial charge in [-0.3, -0.25) is 9.59 Å². The van der Waals surface area contributed by atoms with Gasteiger partial charge in [0.25, 0.3) is 0 Å². The van der Waals surface area contributed by atoms with E-state index in [-0.39, 0.29) is 12.7 Å². The van der Waals surface area contributed by atoms with Crippen molar-refractivity contribution in [1.82, 2.24) is 0 Å². The Morgan fingerprint density at radius 3 is 1.67 bits per heavy atom. The number of unbranched alkanes of at least 4 members (excludes halogenated alkanes) is 6. The molecule has 0 radical (unpaired) electrons. The molecule has 6 nitrogen and oxygen atoms in total. The molecule has 0 aliphatic rings. The number of carbonyl (C=O) groups is 2. The molecule has 142 valence electrons. The fraction of sp³-hybridized carbons (Fsp3) is 0.889. The molecule has 0 rings (SSSR count). The van der Waals surface area contributed by atoms with Crippen LogP contribution in [0.5, 0.6) is 0 Å². The van der Waals surface area contributed by atoms with Gasteiger partial charge >= 0.3 is 11.9 Å². The second kappa shape index (κ2) is 15.4. The van der Waals surface area contributed by atoms with Gasteiger partial charge in [0.2, 0.25) is 0 Å². The molecule has 0 bridgehead atoms. The summed E-state index contributed by atoms with van der Waals surface area (Å²) < 4.78 is 11.0. The van der Waals surface area contributed by atoms with Gasteiger partial charge in [0.15, 0.2) is 6.29 Å². The van der Waals surface area contributed by atoms with Crippen molar-refractivity contribution < 1.29 is 29.3 Å². The Hall–Kier alpha value is -1.14. The predicted molar refractivity (Wildman–Crippen MR) is 92.0 cm³/mol. The van der Waals surface area contributed by atoms with Crippen LogP contribution >= 0.6 is 0 Å². The third-order valence-electron chi connectivity index (χ3n) is 3.97. The molecule has 0 aliphatic heterocycles. The zero-order chi connectivity index (χ0) is 18.2. The van der Waals surface area contributed by atoms with Gasteiger partial charge in [-0.05, 0) is 33.1 Å². The molecule has 0 aromatic rings. The van der Waals surface area contributed by atoms with E-state index in [2.05, 4.69) is 0 Å². The van der Waals surface area contributed by atoms with E-state index in [4.69, 9.17) is 19.7 Å². The smallest absolute Gasteiger partial charge is 0.307 e. The summed E-state index contributed by atoms with van der Waals surface area (Å²) in [4.78, 5) is 21.5. The molecule has 0 spiro atoms. The second-order valence-corrected chi connectivity index (χ2v) is 6.03. The van der Waals surface area contributed by atoms with E-state index in [1.54, 1.807) is 0 Å². The first-order valence-corrected chi connectivity index (χ1v) is 9.19. The topological polar surface area (TPSA) is 93.1 Å². The third kappa shape index (κ3) is 13.3. The Labute approximate surface area is 145 Å². The molecule has 1 unspecified atom stereocenters. The van der Waals surface area contributed by atoms with Crippen LogP contribution < -0.4 is 0 Å². The van der Waals surface area contributed by atoms with Crippen molar-refractivity contribution in [1.29, 1.82) is 0 Å². The zero-order valence-corrected chi connectivity index (χ0v) is 15.2. The largest absolute Gasteiger partial charge is 0.481 e. The lowest BCUT2D eigenvalue weighted by Gasteiger charge is -2.16. The molecule has 0 aromatic carbocycles. The first-order valence-electron chi connectivity index (χ1n) is 9.19. The normalized spacial score (nSPS) is 12.5. The van der Waals surface area contributed by atoms with E-state index in [1.165, 1.54) is 0 Å². The van der Waals surface area contributed by atoms with Gasteiger partial charge in [-0.15, -0.1) is 0 Å². The number of aliphatic carboxylic acids is 2. The summed E-state index contributed by atoms with van der Waals surface area (Å²) in [7, 11) is 0. The number of hydrogen-bond donors (Lipinski definition) is 2. The van der Waals surface area contributed by atoms with Crippen molar-refractivity contribution in [2.75, 3.05) is 13.2 Å². The van der Waals surface area contributed by atoms with Crippen molar-refractivity contribution in [2.24, 2.45) is 5.92 Å². The first-order chi connectivity index (χ1) is 11.5. The van der Waals surface area contributed by atoms with E-state index in [9.17, 15) is 9.59 Å². The van der Waals surface area contributed by atoms with Crippen LogP contribution in [-0.2, 0) is 19.1 Å². The minimum atomic E-state index is -1.04. The van der Waals surface area contributed by atoms with Crippen molar-refractivity contribution >= 4 is 11.9 Å². The molecular weight excluding hydrogens is 312 g/mol. The van der Waals surface area contributed by atoms with E-state index in [0.717, 1.165) is 51.4 Å². The van der Waals surface area contributed by atoms with Crippen LogP contribution in [0, 0.1) is 5.92 Å². The lowest BCUT2D eigenvalue weighted by molar-refractivity contribution is -0.148. The van der Waals surface area contributed by atoms with Crippen molar-refractivity contribution in [3.63, 3.8) is 0 Å².